The van der Waals surface area contributed by atoms with E-state index >= 15 is 0 Å². The van der Waals surface area contributed by atoms with Crippen LogP contribution in [0.1, 0.15) is 24.2 Å². The molecule has 1 aliphatic carbocycles. The molecule has 0 radical (unpaired) electrons. The predicted molar refractivity (Wildman–Crippen MR) is 103 cm³/mol. The summed E-state index contributed by atoms with van der Waals surface area (Å²) in [5, 5.41) is 4.76. The first-order chi connectivity index (χ1) is 12.0. The molecule has 1 saturated carbocycles. The third-order valence-electron chi connectivity index (χ3n) is 4.92. The monoisotopic (exact) mass is 332 g/mol. The smallest absolute Gasteiger partial charge is 0.156 e. The van der Waals surface area contributed by atoms with Gasteiger partial charge in [-0.05, 0) is 55.5 Å². The number of anilines is 1. The number of aromatic nitrogens is 3. The second kappa shape index (κ2) is 6.03. The molecule has 1 aromatic carbocycles. The van der Waals surface area contributed by atoms with Crippen LogP contribution in [0.5, 0.6) is 0 Å². The first-order valence-electron chi connectivity index (χ1n) is 8.83. The van der Waals surface area contributed by atoms with Gasteiger partial charge < -0.3 is 4.90 Å². The Morgan fingerprint density at radius 3 is 2.72 bits per heavy atom. The molecule has 1 aliphatic rings. The highest BCUT2D eigenvalue weighted by atomic mass is 15.3. The number of benzene rings is 1. The number of allylic oxidation sites excluding steroid dienone is 1. The van der Waals surface area contributed by atoms with Crippen LogP contribution in [-0.2, 0) is 6.42 Å². The van der Waals surface area contributed by atoms with Gasteiger partial charge in [0, 0.05) is 31.8 Å². The molecule has 128 valence electrons. The number of fused-ring (bicyclic) bond motifs is 1. The van der Waals surface area contributed by atoms with Gasteiger partial charge in [0.05, 0.1) is 5.69 Å². The zero-order valence-corrected chi connectivity index (χ0v) is 15.2. The molecule has 0 bridgehead atoms. The highest BCUT2D eigenvalue weighted by Crippen LogP contribution is 2.36. The number of hydrogen-bond acceptors (Lipinski definition) is 3. The molecule has 0 unspecified atom stereocenters. The SMILES string of the molecule is C=C(Cc1nc2cccc(-c3ccc(N(C)C)c(C)c3)n2n1)C1CC1. The third-order valence-corrected chi connectivity index (χ3v) is 4.92. The van der Waals surface area contributed by atoms with E-state index < -0.39 is 0 Å². The van der Waals surface area contributed by atoms with Crippen molar-refractivity contribution in [1.82, 2.24) is 14.6 Å². The van der Waals surface area contributed by atoms with Crippen LogP contribution in [-0.4, -0.2) is 28.7 Å². The summed E-state index contributed by atoms with van der Waals surface area (Å²) in [7, 11) is 4.14. The molecule has 3 aromatic rings. The maximum atomic E-state index is 4.76. The number of aryl methyl sites for hydroxylation is 1. The standard InChI is InChI=1S/C21H24N4/c1-14(16-8-9-16)13-20-22-21-7-5-6-19(25(21)23-20)17-10-11-18(24(3)4)15(2)12-17/h5-7,10-12,16H,1,8-9,13H2,2-4H3. The van der Waals surface area contributed by atoms with Crippen LogP contribution in [0.3, 0.4) is 0 Å². The lowest BCUT2D eigenvalue weighted by molar-refractivity contribution is 0.856. The van der Waals surface area contributed by atoms with Crippen molar-refractivity contribution < 1.29 is 0 Å². The Labute approximate surface area is 148 Å². The van der Waals surface area contributed by atoms with Crippen LogP contribution in [0.2, 0.25) is 0 Å². The summed E-state index contributed by atoms with van der Waals surface area (Å²) in [5.74, 6) is 1.55. The maximum Gasteiger partial charge on any atom is 0.156 e. The number of nitrogens with zero attached hydrogens (tertiary/aromatic N) is 4. The van der Waals surface area contributed by atoms with Gasteiger partial charge in [-0.15, -0.1) is 0 Å². The predicted octanol–water partition coefficient (Wildman–Crippen LogP) is 4.28. The second-order valence-electron chi connectivity index (χ2n) is 7.21. The normalized spacial score (nSPS) is 14.0. The van der Waals surface area contributed by atoms with Gasteiger partial charge in [0.1, 0.15) is 0 Å². The van der Waals surface area contributed by atoms with Gasteiger partial charge in [0.15, 0.2) is 11.5 Å². The Morgan fingerprint density at radius 2 is 2.04 bits per heavy atom. The van der Waals surface area contributed by atoms with Gasteiger partial charge in [-0.25, -0.2) is 9.50 Å². The fourth-order valence-electron chi connectivity index (χ4n) is 3.40. The Hall–Kier alpha value is -2.62. The van der Waals surface area contributed by atoms with Crippen LogP contribution in [0.4, 0.5) is 5.69 Å². The van der Waals surface area contributed by atoms with Gasteiger partial charge in [-0.2, -0.15) is 5.10 Å². The summed E-state index contributed by atoms with van der Waals surface area (Å²) < 4.78 is 1.96. The van der Waals surface area contributed by atoms with Crippen molar-refractivity contribution in [1.29, 1.82) is 0 Å². The van der Waals surface area contributed by atoms with Gasteiger partial charge in [0.25, 0.3) is 0 Å². The van der Waals surface area contributed by atoms with Crippen LogP contribution in [0.15, 0.2) is 48.6 Å². The van der Waals surface area contributed by atoms with Crippen LogP contribution in [0.25, 0.3) is 16.9 Å². The summed E-state index contributed by atoms with van der Waals surface area (Å²) in [6.07, 6.45) is 3.33. The van der Waals surface area contributed by atoms with Crippen LogP contribution in [0, 0.1) is 12.8 Å². The van der Waals surface area contributed by atoms with Crippen LogP contribution >= 0.6 is 0 Å². The average Bonchev–Trinajstić information content (AvgIpc) is 3.34. The fraction of sp³-hybridized carbons (Fsp3) is 0.333. The molecule has 25 heavy (non-hydrogen) atoms. The number of pyridine rings is 1. The summed E-state index contributed by atoms with van der Waals surface area (Å²) in [6.45, 7) is 6.35. The highest BCUT2D eigenvalue weighted by molar-refractivity contribution is 5.68. The van der Waals surface area contributed by atoms with Crippen molar-refractivity contribution in [3.05, 3.63) is 59.9 Å². The second-order valence-corrected chi connectivity index (χ2v) is 7.21. The quantitative estimate of drug-likeness (QED) is 0.654. The summed E-state index contributed by atoms with van der Waals surface area (Å²) in [4.78, 5) is 6.84. The van der Waals surface area contributed by atoms with Crippen LogP contribution < -0.4 is 4.90 Å². The van der Waals surface area contributed by atoms with Crippen molar-refractivity contribution in [2.45, 2.75) is 26.2 Å². The largest absolute Gasteiger partial charge is 0.377 e. The van der Waals surface area contributed by atoms with E-state index in [4.69, 9.17) is 10.1 Å². The Bertz CT molecular complexity index is 948. The van der Waals surface area contributed by atoms with E-state index in [1.807, 2.05) is 16.6 Å². The van der Waals surface area contributed by atoms with Crippen molar-refractivity contribution >= 4 is 11.3 Å². The zero-order valence-electron chi connectivity index (χ0n) is 15.2. The molecule has 4 rings (SSSR count). The molecule has 4 heteroatoms. The first kappa shape index (κ1) is 15.9. The maximum absolute atomic E-state index is 4.76. The lowest BCUT2D eigenvalue weighted by Crippen LogP contribution is -2.10. The summed E-state index contributed by atoms with van der Waals surface area (Å²) in [6, 6.07) is 12.7. The Morgan fingerprint density at radius 1 is 1.24 bits per heavy atom. The molecule has 0 aliphatic heterocycles. The van der Waals surface area contributed by atoms with E-state index in [9.17, 15) is 0 Å². The lowest BCUT2D eigenvalue weighted by Gasteiger charge is -2.16. The van der Waals surface area contributed by atoms with E-state index in [0.717, 1.165) is 29.1 Å². The number of rotatable bonds is 5. The average molecular weight is 332 g/mol. The summed E-state index contributed by atoms with van der Waals surface area (Å²) in [5.41, 5.74) is 6.87. The molecule has 1 fully saturated rings. The van der Waals surface area contributed by atoms with Crippen molar-refractivity contribution in [2.24, 2.45) is 5.92 Å². The Kier molecular flexibility index (Phi) is 3.83. The van der Waals surface area contributed by atoms with Gasteiger partial charge in [-0.3, -0.25) is 0 Å². The van der Waals surface area contributed by atoms with Gasteiger partial charge in [0.2, 0.25) is 0 Å². The van der Waals surface area contributed by atoms with E-state index in [1.54, 1.807) is 0 Å². The number of hydrogen-bond donors (Lipinski definition) is 0. The van der Waals surface area contributed by atoms with Gasteiger partial charge in [-0.1, -0.05) is 24.3 Å². The fourth-order valence-corrected chi connectivity index (χ4v) is 3.40. The molecule has 2 aromatic heterocycles. The van der Waals surface area contributed by atoms with E-state index in [0.29, 0.717) is 5.92 Å². The zero-order chi connectivity index (χ0) is 17.6. The van der Waals surface area contributed by atoms with E-state index in [2.05, 4.69) is 56.8 Å². The van der Waals surface area contributed by atoms with Crippen molar-refractivity contribution in [3.8, 4) is 11.3 Å². The molecule has 0 amide bonds. The molecule has 0 N–H and O–H groups in total. The van der Waals surface area contributed by atoms with Crippen molar-refractivity contribution in [2.75, 3.05) is 19.0 Å². The molecule has 2 heterocycles. The third kappa shape index (κ3) is 3.04. The lowest BCUT2D eigenvalue weighted by atomic mass is 10.1. The molecule has 4 nitrogen and oxygen atoms in total. The minimum atomic E-state index is 0.687. The molecule has 0 saturated heterocycles. The Balaban J connectivity index is 1.73. The topological polar surface area (TPSA) is 33.4 Å². The molecular weight excluding hydrogens is 308 g/mol. The van der Waals surface area contributed by atoms with Gasteiger partial charge >= 0.3 is 0 Å². The molecular formula is C21H24N4. The van der Waals surface area contributed by atoms with Crippen molar-refractivity contribution in [3.63, 3.8) is 0 Å². The minimum absolute atomic E-state index is 0.687. The molecule has 0 spiro atoms. The molecule has 0 atom stereocenters. The van der Waals surface area contributed by atoms with E-state index in [1.165, 1.54) is 29.7 Å². The highest BCUT2D eigenvalue weighted by Gasteiger charge is 2.25. The summed E-state index contributed by atoms with van der Waals surface area (Å²) >= 11 is 0. The minimum Gasteiger partial charge on any atom is -0.377 e. The van der Waals surface area contributed by atoms with E-state index in [-0.39, 0.29) is 0 Å². The first-order valence-corrected chi connectivity index (χ1v) is 8.83.